The SMILES string of the molecule is CCCc1ccc(C(=O)N[C@@H]2COC[C@H]2Cc2ccncc2)cc1. The molecule has 2 aromatic rings. The Bertz CT molecular complexity index is 655. The van der Waals surface area contributed by atoms with Gasteiger partial charge in [0.25, 0.3) is 5.91 Å². The van der Waals surface area contributed by atoms with E-state index in [9.17, 15) is 4.79 Å². The molecule has 0 saturated carbocycles. The summed E-state index contributed by atoms with van der Waals surface area (Å²) in [7, 11) is 0. The fraction of sp³-hybridized carbons (Fsp3) is 0.400. The molecule has 0 aliphatic carbocycles. The van der Waals surface area contributed by atoms with Gasteiger partial charge in [0.05, 0.1) is 19.3 Å². The Morgan fingerprint density at radius 3 is 2.58 bits per heavy atom. The molecule has 24 heavy (non-hydrogen) atoms. The number of carbonyl (C=O) groups excluding carboxylic acids is 1. The number of aromatic nitrogens is 1. The van der Waals surface area contributed by atoms with Gasteiger partial charge in [0.2, 0.25) is 0 Å². The highest BCUT2D eigenvalue weighted by molar-refractivity contribution is 5.94. The van der Waals surface area contributed by atoms with E-state index in [0.29, 0.717) is 24.7 Å². The van der Waals surface area contributed by atoms with Crippen molar-refractivity contribution in [2.75, 3.05) is 13.2 Å². The van der Waals surface area contributed by atoms with Gasteiger partial charge in [0, 0.05) is 23.9 Å². The van der Waals surface area contributed by atoms with Crippen LogP contribution in [0.25, 0.3) is 0 Å². The van der Waals surface area contributed by atoms with Gasteiger partial charge in [-0.15, -0.1) is 0 Å². The van der Waals surface area contributed by atoms with Crippen molar-refractivity contribution in [1.82, 2.24) is 10.3 Å². The minimum absolute atomic E-state index is 0.0201. The molecule has 126 valence electrons. The van der Waals surface area contributed by atoms with Crippen LogP contribution < -0.4 is 5.32 Å². The number of carbonyl (C=O) groups is 1. The van der Waals surface area contributed by atoms with Crippen LogP contribution in [-0.2, 0) is 17.6 Å². The minimum Gasteiger partial charge on any atom is -0.379 e. The monoisotopic (exact) mass is 324 g/mol. The highest BCUT2D eigenvalue weighted by atomic mass is 16.5. The average Bonchev–Trinajstić information content (AvgIpc) is 3.03. The molecular formula is C20H24N2O2. The van der Waals surface area contributed by atoms with Gasteiger partial charge < -0.3 is 10.1 Å². The van der Waals surface area contributed by atoms with E-state index in [1.807, 2.05) is 36.4 Å². The third kappa shape index (κ3) is 4.20. The summed E-state index contributed by atoms with van der Waals surface area (Å²) in [4.78, 5) is 16.5. The van der Waals surface area contributed by atoms with Gasteiger partial charge in [0.15, 0.2) is 0 Å². The highest BCUT2D eigenvalue weighted by Crippen LogP contribution is 2.19. The van der Waals surface area contributed by atoms with Crippen LogP contribution in [0.3, 0.4) is 0 Å². The summed E-state index contributed by atoms with van der Waals surface area (Å²) < 4.78 is 5.60. The molecule has 1 N–H and O–H groups in total. The van der Waals surface area contributed by atoms with Gasteiger partial charge in [0.1, 0.15) is 0 Å². The van der Waals surface area contributed by atoms with E-state index in [-0.39, 0.29) is 11.9 Å². The zero-order valence-corrected chi connectivity index (χ0v) is 14.1. The molecule has 1 aromatic carbocycles. The van der Waals surface area contributed by atoms with Crippen LogP contribution in [0.5, 0.6) is 0 Å². The van der Waals surface area contributed by atoms with E-state index in [2.05, 4.69) is 17.2 Å². The van der Waals surface area contributed by atoms with Crippen LogP contribution in [0.2, 0.25) is 0 Å². The molecule has 1 aliphatic heterocycles. The number of hydrogen-bond donors (Lipinski definition) is 1. The van der Waals surface area contributed by atoms with E-state index < -0.39 is 0 Å². The van der Waals surface area contributed by atoms with Crippen molar-refractivity contribution in [1.29, 1.82) is 0 Å². The van der Waals surface area contributed by atoms with Crippen molar-refractivity contribution in [3.05, 3.63) is 65.5 Å². The third-order valence-corrected chi connectivity index (χ3v) is 4.52. The Balaban J connectivity index is 1.60. The first-order valence-electron chi connectivity index (χ1n) is 8.62. The van der Waals surface area contributed by atoms with Crippen LogP contribution >= 0.6 is 0 Å². The van der Waals surface area contributed by atoms with Crippen LogP contribution in [-0.4, -0.2) is 30.1 Å². The fourth-order valence-electron chi connectivity index (χ4n) is 3.14. The molecule has 1 aromatic heterocycles. The summed E-state index contributed by atoms with van der Waals surface area (Å²) in [5, 5.41) is 3.14. The summed E-state index contributed by atoms with van der Waals surface area (Å²) in [6.45, 7) is 3.42. The molecule has 3 rings (SSSR count). The summed E-state index contributed by atoms with van der Waals surface area (Å²) in [5.41, 5.74) is 3.21. The van der Waals surface area contributed by atoms with Gasteiger partial charge in [-0.25, -0.2) is 0 Å². The van der Waals surface area contributed by atoms with Crippen LogP contribution in [0.15, 0.2) is 48.8 Å². The number of pyridine rings is 1. The summed E-state index contributed by atoms with van der Waals surface area (Å²) in [6.07, 6.45) is 6.66. The smallest absolute Gasteiger partial charge is 0.251 e. The maximum Gasteiger partial charge on any atom is 0.251 e. The normalized spacial score (nSPS) is 20.0. The first-order valence-corrected chi connectivity index (χ1v) is 8.62. The zero-order chi connectivity index (χ0) is 16.8. The molecule has 0 unspecified atom stereocenters. The lowest BCUT2D eigenvalue weighted by Crippen LogP contribution is -2.40. The number of aryl methyl sites for hydroxylation is 1. The highest BCUT2D eigenvalue weighted by Gasteiger charge is 2.29. The van der Waals surface area contributed by atoms with Gasteiger partial charge >= 0.3 is 0 Å². The number of amides is 1. The third-order valence-electron chi connectivity index (χ3n) is 4.52. The van der Waals surface area contributed by atoms with Crippen LogP contribution in [0, 0.1) is 5.92 Å². The fourth-order valence-corrected chi connectivity index (χ4v) is 3.14. The van der Waals surface area contributed by atoms with Crippen molar-refractivity contribution >= 4 is 5.91 Å². The van der Waals surface area contributed by atoms with E-state index >= 15 is 0 Å². The second-order valence-corrected chi connectivity index (χ2v) is 6.38. The topological polar surface area (TPSA) is 51.2 Å². The molecule has 0 spiro atoms. The van der Waals surface area contributed by atoms with Crippen molar-refractivity contribution in [3.8, 4) is 0 Å². The number of nitrogens with one attached hydrogen (secondary N) is 1. The standard InChI is InChI=1S/C20H24N2O2/c1-2-3-15-4-6-17(7-5-15)20(23)22-19-14-24-13-18(19)12-16-8-10-21-11-9-16/h4-11,18-19H,2-3,12-14H2,1H3,(H,22,23)/t18-,19-/m1/s1. The molecule has 2 heterocycles. The maximum atomic E-state index is 12.5. The molecule has 4 heteroatoms. The number of hydrogen-bond acceptors (Lipinski definition) is 3. The van der Waals surface area contributed by atoms with Gasteiger partial charge in [-0.2, -0.15) is 0 Å². The quantitative estimate of drug-likeness (QED) is 0.888. The Labute approximate surface area is 143 Å². The molecule has 4 nitrogen and oxygen atoms in total. The lowest BCUT2D eigenvalue weighted by molar-refractivity contribution is 0.0925. The van der Waals surface area contributed by atoms with E-state index in [0.717, 1.165) is 19.3 Å². The Morgan fingerprint density at radius 1 is 1.12 bits per heavy atom. The molecule has 1 amide bonds. The van der Waals surface area contributed by atoms with E-state index in [4.69, 9.17) is 4.74 Å². The summed E-state index contributed by atoms with van der Waals surface area (Å²) >= 11 is 0. The van der Waals surface area contributed by atoms with Crippen LogP contribution in [0.1, 0.15) is 34.8 Å². The van der Waals surface area contributed by atoms with E-state index in [1.165, 1.54) is 11.1 Å². The average molecular weight is 324 g/mol. The summed E-state index contributed by atoms with van der Waals surface area (Å²) in [6, 6.07) is 12.0. The number of rotatable bonds is 6. The molecule has 2 atom stereocenters. The Hall–Kier alpha value is -2.20. The Kier molecular flexibility index (Phi) is 5.59. The number of nitrogens with zero attached hydrogens (tertiary/aromatic N) is 1. The van der Waals surface area contributed by atoms with Gasteiger partial charge in [-0.3, -0.25) is 9.78 Å². The lowest BCUT2D eigenvalue weighted by atomic mass is 9.95. The summed E-state index contributed by atoms with van der Waals surface area (Å²) in [5.74, 6) is 0.281. The second kappa shape index (κ2) is 8.06. The molecule has 0 radical (unpaired) electrons. The number of benzene rings is 1. The minimum atomic E-state index is -0.0201. The predicted molar refractivity (Wildman–Crippen MR) is 93.9 cm³/mol. The predicted octanol–water partition coefficient (Wildman–Crippen LogP) is 3.02. The molecule has 1 fully saturated rings. The van der Waals surface area contributed by atoms with Crippen LogP contribution in [0.4, 0.5) is 0 Å². The first kappa shape index (κ1) is 16.7. The molecule has 1 aliphatic rings. The van der Waals surface area contributed by atoms with Gasteiger partial charge in [-0.05, 0) is 48.2 Å². The molecular weight excluding hydrogens is 300 g/mol. The Morgan fingerprint density at radius 2 is 1.88 bits per heavy atom. The maximum absolute atomic E-state index is 12.5. The lowest BCUT2D eigenvalue weighted by Gasteiger charge is -2.19. The van der Waals surface area contributed by atoms with Crippen molar-refractivity contribution in [3.63, 3.8) is 0 Å². The molecule has 0 bridgehead atoms. The zero-order valence-electron chi connectivity index (χ0n) is 14.1. The van der Waals surface area contributed by atoms with E-state index in [1.54, 1.807) is 12.4 Å². The molecule has 1 saturated heterocycles. The first-order chi connectivity index (χ1) is 11.8. The van der Waals surface area contributed by atoms with Crippen molar-refractivity contribution in [2.45, 2.75) is 32.2 Å². The van der Waals surface area contributed by atoms with Crippen molar-refractivity contribution < 1.29 is 9.53 Å². The second-order valence-electron chi connectivity index (χ2n) is 6.38. The van der Waals surface area contributed by atoms with Gasteiger partial charge in [-0.1, -0.05) is 25.5 Å². The van der Waals surface area contributed by atoms with Crippen molar-refractivity contribution in [2.24, 2.45) is 5.92 Å². The largest absolute Gasteiger partial charge is 0.379 e. The number of ether oxygens (including phenoxy) is 1.